The van der Waals surface area contributed by atoms with Gasteiger partial charge < -0.3 is 10.1 Å². The van der Waals surface area contributed by atoms with Crippen LogP contribution in [0.1, 0.15) is 29.9 Å². The summed E-state index contributed by atoms with van der Waals surface area (Å²) in [7, 11) is 0. The van der Waals surface area contributed by atoms with Crippen molar-refractivity contribution in [2.45, 2.75) is 44.6 Å². The second-order valence-electron chi connectivity index (χ2n) is 10.1. The molecule has 6 rings (SSSR count). The average Bonchev–Trinajstić information content (AvgIpc) is 3.25. The van der Waals surface area contributed by atoms with Crippen LogP contribution in [0, 0.1) is 6.92 Å². The van der Waals surface area contributed by atoms with Crippen molar-refractivity contribution in [1.29, 1.82) is 0 Å². The van der Waals surface area contributed by atoms with Gasteiger partial charge in [-0.1, -0.05) is 65.9 Å². The Labute approximate surface area is 228 Å². The minimum Gasteiger partial charge on any atom is -0.370 e. The van der Waals surface area contributed by atoms with E-state index in [9.17, 15) is 9.59 Å². The maximum absolute atomic E-state index is 14.0. The molecule has 192 valence electrons. The van der Waals surface area contributed by atoms with E-state index in [1.54, 1.807) is 4.57 Å². The number of amides is 1. The van der Waals surface area contributed by atoms with Gasteiger partial charge in [-0.05, 0) is 49.9 Å². The Hall–Kier alpha value is -3.46. The lowest BCUT2D eigenvalue weighted by molar-refractivity contribution is -0.113. The fourth-order valence-corrected chi connectivity index (χ4v) is 6.80. The molecule has 2 aromatic heterocycles. The summed E-state index contributed by atoms with van der Waals surface area (Å²) in [5, 5.41) is 6.24. The highest BCUT2D eigenvalue weighted by molar-refractivity contribution is 7.99. The molecule has 8 heteroatoms. The van der Waals surface area contributed by atoms with Gasteiger partial charge in [0.1, 0.15) is 4.83 Å². The minimum absolute atomic E-state index is 0.106. The maximum Gasteiger partial charge on any atom is 0.267 e. The summed E-state index contributed by atoms with van der Waals surface area (Å²) < 4.78 is 7.65. The van der Waals surface area contributed by atoms with Gasteiger partial charge in [0.25, 0.3) is 5.56 Å². The first-order chi connectivity index (χ1) is 18.3. The second-order valence-corrected chi connectivity index (χ2v) is 12.2. The normalized spacial score (nSPS) is 14.5. The number of nitrogens with one attached hydrogen (secondary N) is 1. The summed E-state index contributed by atoms with van der Waals surface area (Å²) in [5.74, 6) is -0.0365. The molecule has 1 aliphatic heterocycles. The lowest BCUT2D eigenvalue weighted by atomic mass is 9.94. The van der Waals surface area contributed by atoms with Crippen LogP contribution in [0.4, 0.5) is 5.69 Å². The number of carbonyl (C=O) groups is 1. The van der Waals surface area contributed by atoms with E-state index in [4.69, 9.17) is 9.72 Å². The third-order valence-corrected chi connectivity index (χ3v) is 8.80. The fraction of sp³-hybridized carbons (Fsp3) is 0.233. The third kappa shape index (κ3) is 4.64. The number of carbonyl (C=O) groups excluding carboxylic acids is 1. The van der Waals surface area contributed by atoms with Crippen molar-refractivity contribution in [3.63, 3.8) is 0 Å². The molecule has 0 atom stereocenters. The van der Waals surface area contributed by atoms with Gasteiger partial charge in [-0.3, -0.25) is 14.2 Å². The summed E-state index contributed by atoms with van der Waals surface area (Å²) in [4.78, 5) is 33.7. The molecule has 0 fully saturated rings. The highest BCUT2D eigenvalue weighted by Crippen LogP contribution is 2.38. The number of thiophene rings is 1. The van der Waals surface area contributed by atoms with Gasteiger partial charge in [0.05, 0.1) is 29.0 Å². The van der Waals surface area contributed by atoms with Gasteiger partial charge in [0.2, 0.25) is 5.91 Å². The molecule has 3 aromatic carbocycles. The molecule has 0 spiro atoms. The van der Waals surface area contributed by atoms with E-state index in [1.807, 2.05) is 87.5 Å². The molecule has 5 aromatic rings. The minimum atomic E-state index is -0.338. The number of anilines is 1. The van der Waals surface area contributed by atoms with E-state index < -0.39 is 0 Å². The number of thioether (sulfide) groups is 1. The topological polar surface area (TPSA) is 73.2 Å². The largest absolute Gasteiger partial charge is 0.370 e. The summed E-state index contributed by atoms with van der Waals surface area (Å²) in [6.07, 6.45) is 0.660. The van der Waals surface area contributed by atoms with E-state index in [0.29, 0.717) is 28.4 Å². The molecule has 1 N–H and O–H groups in total. The monoisotopic (exact) mass is 541 g/mol. The molecule has 38 heavy (non-hydrogen) atoms. The van der Waals surface area contributed by atoms with Gasteiger partial charge in [0.15, 0.2) is 5.16 Å². The number of aromatic nitrogens is 2. The van der Waals surface area contributed by atoms with Crippen molar-refractivity contribution in [3.8, 4) is 5.69 Å². The van der Waals surface area contributed by atoms with Gasteiger partial charge >= 0.3 is 0 Å². The number of rotatable bonds is 5. The Morgan fingerprint density at radius 1 is 1.11 bits per heavy atom. The fourth-order valence-electron chi connectivity index (χ4n) is 4.84. The molecule has 1 amide bonds. The lowest BCUT2D eigenvalue weighted by Crippen LogP contribution is -2.32. The molecule has 0 radical (unpaired) electrons. The van der Waals surface area contributed by atoms with Gasteiger partial charge in [0, 0.05) is 22.4 Å². The van der Waals surface area contributed by atoms with Crippen molar-refractivity contribution < 1.29 is 9.53 Å². The number of fused-ring (bicyclic) bond motifs is 4. The Kier molecular flexibility index (Phi) is 6.34. The predicted octanol–water partition coefficient (Wildman–Crippen LogP) is 6.49. The second kappa shape index (κ2) is 9.69. The van der Waals surface area contributed by atoms with Crippen molar-refractivity contribution in [2.75, 3.05) is 11.1 Å². The van der Waals surface area contributed by atoms with Crippen LogP contribution in [0.5, 0.6) is 0 Å². The van der Waals surface area contributed by atoms with Crippen LogP contribution >= 0.6 is 23.1 Å². The highest BCUT2D eigenvalue weighted by atomic mass is 32.2. The molecule has 0 saturated carbocycles. The van der Waals surface area contributed by atoms with Gasteiger partial charge in [-0.15, -0.1) is 11.3 Å². The first kappa shape index (κ1) is 24.9. The number of ether oxygens (including phenoxy) is 1. The maximum atomic E-state index is 14.0. The van der Waals surface area contributed by atoms with Crippen LogP contribution in [0.3, 0.4) is 0 Å². The molecule has 0 aliphatic carbocycles. The molecular formula is C30H27N3O3S2. The van der Waals surface area contributed by atoms with Gasteiger partial charge in [-0.2, -0.15) is 0 Å². The van der Waals surface area contributed by atoms with Crippen LogP contribution in [-0.4, -0.2) is 26.8 Å². The zero-order chi connectivity index (χ0) is 26.4. The summed E-state index contributed by atoms with van der Waals surface area (Å²) >= 11 is 2.78. The van der Waals surface area contributed by atoms with E-state index in [2.05, 4.69) is 5.32 Å². The molecule has 0 saturated heterocycles. The average molecular weight is 542 g/mol. The molecule has 6 nitrogen and oxygen atoms in total. The Balaban J connectivity index is 1.37. The quantitative estimate of drug-likeness (QED) is 0.203. The van der Waals surface area contributed by atoms with Crippen LogP contribution in [-0.2, 0) is 22.6 Å². The van der Waals surface area contributed by atoms with Crippen LogP contribution in [0.25, 0.3) is 26.7 Å². The smallest absolute Gasteiger partial charge is 0.267 e. The molecule has 3 heterocycles. The zero-order valence-corrected chi connectivity index (χ0v) is 23.0. The van der Waals surface area contributed by atoms with E-state index in [-0.39, 0.29) is 22.8 Å². The van der Waals surface area contributed by atoms with Crippen LogP contribution in [0.2, 0.25) is 0 Å². The first-order valence-electron chi connectivity index (χ1n) is 12.5. The molecule has 1 aliphatic rings. The first-order valence-corrected chi connectivity index (χ1v) is 14.3. The van der Waals surface area contributed by atoms with E-state index >= 15 is 0 Å². The van der Waals surface area contributed by atoms with E-state index in [0.717, 1.165) is 38.2 Å². The van der Waals surface area contributed by atoms with Crippen molar-refractivity contribution in [3.05, 3.63) is 93.1 Å². The predicted molar refractivity (Wildman–Crippen MR) is 156 cm³/mol. The molecule has 0 unspecified atom stereocenters. The Morgan fingerprint density at radius 3 is 2.68 bits per heavy atom. The Morgan fingerprint density at radius 2 is 1.87 bits per heavy atom. The molecule has 0 bridgehead atoms. The van der Waals surface area contributed by atoms with Crippen LogP contribution in [0.15, 0.2) is 76.7 Å². The standard InChI is InChI=1S/C30H27N3O3S2/c1-18-11-13-20(14-12-18)33-28(35)26-22-15-30(2,3)36-16-24(22)38-27(26)32-29(33)37-17-25(34)31-23-10-6-8-19-7-4-5-9-21(19)23/h4-14H,15-17H2,1-3H3,(H,31,34). The van der Waals surface area contributed by atoms with Crippen molar-refractivity contribution >= 4 is 55.7 Å². The number of hydrogen-bond acceptors (Lipinski definition) is 6. The summed E-state index contributed by atoms with van der Waals surface area (Å²) in [6, 6.07) is 21.6. The van der Waals surface area contributed by atoms with Crippen molar-refractivity contribution in [1.82, 2.24) is 9.55 Å². The van der Waals surface area contributed by atoms with Gasteiger partial charge in [-0.25, -0.2) is 4.98 Å². The van der Waals surface area contributed by atoms with Crippen molar-refractivity contribution in [2.24, 2.45) is 0 Å². The zero-order valence-electron chi connectivity index (χ0n) is 21.4. The lowest BCUT2D eigenvalue weighted by Gasteiger charge is -2.29. The Bertz CT molecular complexity index is 1750. The number of aryl methyl sites for hydroxylation is 1. The van der Waals surface area contributed by atoms with Crippen LogP contribution < -0.4 is 10.9 Å². The third-order valence-electron chi connectivity index (χ3n) is 6.76. The van der Waals surface area contributed by atoms with E-state index in [1.165, 1.54) is 23.1 Å². The number of benzene rings is 3. The summed E-state index contributed by atoms with van der Waals surface area (Å²) in [6.45, 7) is 6.58. The molecular weight excluding hydrogens is 514 g/mol. The highest BCUT2D eigenvalue weighted by Gasteiger charge is 2.31. The SMILES string of the molecule is Cc1ccc(-n2c(SCC(=O)Nc3cccc4ccccc34)nc3sc4c(c3c2=O)CC(C)(C)OC4)cc1. The number of nitrogens with zero attached hydrogens (tertiary/aromatic N) is 2. The summed E-state index contributed by atoms with van der Waals surface area (Å²) in [5.41, 5.74) is 3.19. The number of hydrogen-bond donors (Lipinski definition) is 1.